The van der Waals surface area contributed by atoms with Crippen molar-refractivity contribution in [2.24, 2.45) is 10.7 Å². The van der Waals surface area contributed by atoms with Gasteiger partial charge in [0.25, 0.3) is 5.91 Å². The SMILES string of the molecule is CCn1nc(-c2ccc(C(C=NCC(F)(F)F)=CN)cc2)nc1Nc1cc2c(cc1C)C(=O)NC2C. The summed E-state index contributed by atoms with van der Waals surface area (Å²) in [5.74, 6) is 0.958. The Morgan fingerprint density at radius 2 is 2.00 bits per heavy atom. The summed E-state index contributed by atoms with van der Waals surface area (Å²) in [5, 5.41) is 10.8. The molecule has 2 aromatic carbocycles. The van der Waals surface area contributed by atoms with Crippen LogP contribution >= 0.6 is 0 Å². The van der Waals surface area contributed by atoms with E-state index in [1.165, 1.54) is 6.20 Å². The van der Waals surface area contributed by atoms with Crippen molar-refractivity contribution in [2.75, 3.05) is 11.9 Å². The molecule has 188 valence electrons. The number of rotatable bonds is 7. The fourth-order valence-corrected chi connectivity index (χ4v) is 3.94. The number of hydrogen-bond donors (Lipinski definition) is 3. The average molecular weight is 498 g/mol. The molecule has 2 heterocycles. The van der Waals surface area contributed by atoms with E-state index in [2.05, 4.69) is 25.7 Å². The Kier molecular flexibility index (Phi) is 6.82. The third-order valence-corrected chi connectivity index (χ3v) is 5.83. The molecule has 0 spiro atoms. The van der Waals surface area contributed by atoms with Gasteiger partial charge in [-0.3, -0.25) is 9.79 Å². The van der Waals surface area contributed by atoms with E-state index in [0.717, 1.165) is 28.6 Å². The number of carbonyl (C=O) groups excluding carboxylic acids is 1. The predicted molar refractivity (Wildman–Crippen MR) is 133 cm³/mol. The molecule has 1 aliphatic rings. The normalized spacial score (nSPS) is 15.9. The molecule has 36 heavy (non-hydrogen) atoms. The van der Waals surface area contributed by atoms with E-state index in [1.54, 1.807) is 28.9 Å². The van der Waals surface area contributed by atoms with Crippen LogP contribution in [-0.4, -0.2) is 39.6 Å². The lowest BCUT2D eigenvalue weighted by Gasteiger charge is -2.12. The maximum absolute atomic E-state index is 12.4. The lowest BCUT2D eigenvalue weighted by Crippen LogP contribution is -2.16. The van der Waals surface area contributed by atoms with Gasteiger partial charge in [-0.25, -0.2) is 4.68 Å². The Labute approximate surface area is 206 Å². The van der Waals surface area contributed by atoms with Crippen molar-refractivity contribution in [1.29, 1.82) is 0 Å². The molecule has 1 aliphatic heterocycles. The van der Waals surface area contributed by atoms with Gasteiger partial charge < -0.3 is 16.4 Å². The number of aromatic nitrogens is 3. The van der Waals surface area contributed by atoms with Crippen molar-refractivity contribution in [3.05, 3.63) is 64.9 Å². The minimum Gasteiger partial charge on any atom is -0.404 e. The van der Waals surface area contributed by atoms with Crippen LogP contribution in [0.3, 0.4) is 0 Å². The Balaban J connectivity index is 1.56. The summed E-state index contributed by atoms with van der Waals surface area (Å²) in [4.78, 5) is 20.2. The fourth-order valence-electron chi connectivity index (χ4n) is 3.94. The molecule has 0 saturated heterocycles. The van der Waals surface area contributed by atoms with Gasteiger partial charge in [-0.05, 0) is 49.6 Å². The summed E-state index contributed by atoms with van der Waals surface area (Å²) in [6.45, 7) is 5.11. The Bertz CT molecular complexity index is 1340. The lowest BCUT2D eigenvalue weighted by molar-refractivity contribution is -0.118. The van der Waals surface area contributed by atoms with E-state index >= 15 is 0 Å². The summed E-state index contributed by atoms with van der Waals surface area (Å²) in [6.07, 6.45) is -2.05. The standard InChI is InChI=1S/C25H26F3N7O/c1-4-35-24(32-21-10-19-15(3)31-23(36)20(19)9-14(21)2)33-22(34-35)17-7-5-16(6-8-17)18(11-29)12-30-13-25(26,27)28/h5-12,15H,4,13,29H2,1-3H3,(H,31,36)(H,32,33,34). The summed E-state index contributed by atoms with van der Waals surface area (Å²) in [5.41, 5.74) is 10.6. The molecule has 1 amide bonds. The number of benzene rings is 2. The highest BCUT2D eigenvalue weighted by Gasteiger charge is 2.27. The molecule has 4 N–H and O–H groups in total. The highest BCUT2D eigenvalue weighted by molar-refractivity contribution is 6.09. The van der Waals surface area contributed by atoms with E-state index in [1.807, 2.05) is 32.9 Å². The molecule has 0 aliphatic carbocycles. The molecule has 0 fully saturated rings. The first-order valence-corrected chi connectivity index (χ1v) is 11.4. The number of amides is 1. The number of alkyl halides is 3. The summed E-state index contributed by atoms with van der Waals surface area (Å²) >= 11 is 0. The van der Waals surface area contributed by atoms with E-state index in [-0.39, 0.29) is 11.9 Å². The number of halogens is 3. The molecular formula is C25H26F3N7O. The van der Waals surface area contributed by atoms with Crippen LogP contribution in [0.4, 0.5) is 24.8 Å². The number of allylic oxidation sites excluding steroid dienone is 1. The zero-order chi connectivity index (χ0) is 26.0. The average Bonchev–Trinajstić information content (AvgIpc) is 3.36. The number of fused-ring (bicyclic) bond motifs is 1. The van der Waals surface area contributed by atoms with Crippen LogP contribution in [0.2, 0.25) is 0 Å². The Morgan fingerprint density at radius 3 is 2.64 bits per heavy atom. The summed E-state index contributed by atoms with van der Waals surface area (Å²) in [7, 11) is 0. The van der Waals surface area contributed by atoms with Crippen molar-refractivity contribution in [2.45, 2.75) is 39.5 Å². The maximum atomic E-state index is 12.4. The molecule has 11 heteroatoms. The molecule has 0 bridgehead atoms. The fraction of sp³-hybridized carbons (Fsp3) is 0.280. The number of carbonyl (C=O) groups is 1. The summed E-state index contributed by atoms with van der Waals surface area (Å²) in [6, 6.07) is 10.7. The van der Waals surface area contributed by atoms with E-state index in [4.69, 9.17) is 5.73 Å². The van der Waals surface area contributed by atoms with Gasteiger partial charge in [0, 0.05) is 41.3 Å². The van der Waals surface area contributed by atoms with Gasteiger partial charge in [0.15, 0.2) is 5.82 Å². The van der Waals surface area contributed by atoms with Crippen LogP contribution in [-0.2, 0) is 6.54 Å². The molecule has 4 rings (SSSR count). The molecule has 1 unspecified atom stereocenters. The zero-order valence-electron chi connectivity index (χ0n) is 20.0. The van der Waals surface area contributed by atoms with Gasteiger partial charge in [-0.2, -0.15) is 18.2 Å². The van der Waals surface area contributed by atoms with Crippen LogP contribution < -0.4 is 16.4 Å². The van der Waals surface area contributed by atoms with Gasteiger partial charge in [0.1, 0.15) is 6.54 Å². The second-order valence-electron chi connectivity index (χ2n) is 8.43. The highest BCUT2D eigenvalue weighted by atomic mass is 19.4. The van der Waals surface area contributed by atoms with Crippen molar-refractivity contribution < 1.29 is 18.0 Å². The highest BCUT2D eigenvalue weighted by Crippen LogP contribution is 2.32. The van der Waals surface area contributed by atoms with Crippen LogP contribution in [0.25, 0.3) is 17.0 Å². The smallest absolute Gasteiger partial charge is 0.404 e. The predicted octanol–water partition coefficient (Wildman–Crippen LogP) is 4.75. The van der Waals surface area contributed by atoms with Crippen LogP contribution in [0.15, 0.2) is 47.6 Å². The summed E-state index contributed by atoms with van der Waals surface area (Å²) < 4.78 is 38.8. The van der Waals surface area contributed by atoms with Crippen molar-refractivity contribution in [3.63, 3.8) is 0 Å². The monoisotopic (exact) mass is 497 g/mol. The first-order valence-electron chi connectivity index (χ1n) is 11.4. The number of aliphatic imine (C=N–C) groups is 1. The Hall–Kier alpha value is -4.15. The van der Waals surface area contributed by atoms with Crippen LogP contribution in [0.1, 0.15) is 46.9 Å². The topological polar surface area (TPSA) is 110 Å². The van der Waals surface area contributed by atoms with Gasteiger partial charge in [-0.15, -0.1) is 5.10 Å². The number of anilines is 2. The number of nitrogens with one attached hydrogen (secondary N) is 2. The third-order valence-electron chi connectivity index (χ3n) is 5.83. The van der Waals surface area contributed by atoms with Gasteiger partial charge in [0.2, 0.25) is 5.95 Å². The maximum Gasteiger partial charge on any atom is 0.407 e. The minimum atomic E-state index is -4.37. The van der Waals surface area contributed by atoms with Gasteiger partial charge in [-0.1, -0.05) is 24.3 Å². The quantitative estimate of drug-likeness (QED) is 0.408. The van der Waals surface area contributed by atoms with Crippen molar-refractivity contribution >= 4 is 29.3 Å². The van der Waals surface area contributed by atoms with E-state index in [0.29, 0.717) is 35.0 Å². The van der Waals surface area contributed by atoms with E-state index < -0.39 is 12.7 Å². The molecule has 3 aromatic rings. The molecule has 0 radical (unpaired) electrons. The number of nitrogens with zero attached hydrogens (tertiary/aromatic N) is 4. The van der Waals surface area contributed by atoms with Crippen molar-refractivity contribution in [1.82, 2.24) is 20.1 Å². The third kappa shape index (κ3) is 5.24. The molecule has 1 atom stereocenters. The van der Waals surface area contributed by atoms with Gasteiger partial charge in [0.05, 0.1) is 6.04 Å². The number of aryl methyl sites for hydroxylation is 2. The van der Waals surface area contributed by atoms with E-state index in [9.17, 15) is 18.0 Å². The molecular weight excluding hydrogens is 471 g/mol. The lowest BCUT2D eigenvalue weighted by atomic mass is 10.0. The van der Waals surface area contributed by atoms with Gasteiger partial charge >= 0.3 is 6.18 Å². The first-order chi connectivity index (χ1) is 17.1. The molecule has 8 nitrogen and oxygen atoms in total. The van der Waals surface area contributed by atoms with Crippen LogP contribution in [0.5, 0.6) is 0 Å². The number of nitrogens with two attached hydrogens (primary N) is 1. The molecule has 1 aromatic heterocycles. The minimum absolute atomic E-state index is 0.0715. The second-order valence-corrected chi connectivity index (χ2v) is 8.43. The zero-order valence-corrected chi connectivity index (χ0v) is 20.0. The van der Waals surface area contributed by atoms with Crippen LogP contribution in [0, 0.1) is 6.92 Å². The number of hydrogen-bond acceptors (Lipinski definition) is 6. The Morgan fingerprint density at radius 1 is 1.28 bits per heavy atom. The van der Waals surface area contributed by atoms with Crippen molar-refractivity contribution in [3.8, 4) is 11.4 Å². The second kappa shape index (κ2) is 9.84. The first kappa shape index (κ1) is 25.0. The molecule has 0 saturated carbocycles. The largest absolute Gasteiger partial charge is 0.407 e.